The Kier molecular flexibility index (Phi) is 5.47. The number of nitrogens with one attached hydrogen (secondary N) is 2. The molecule has 2 amide bonds. The number of benzene rings is 2. The minimum atomic E-state index is -0.283. The third-order valence-electron chi connectivity index (χ3n) is 5.50. The van der Waals surface area contributed by atoms with Crippen LogP contribution in [-0.4, -0.2) is 34.3 Å². The molecule has 1 atom stereocenters. The van der Waals surface area contributed by atoms with E-state index in [1.165, 1.54) is 0 Å². The molecule has 2 aromatic carbocycles. The van der Waals surface area contributed by atoms with Crippen molar-refractivity contribution in [3.63, 3.8) is 0 Å². The van der Waals surface area contributed by atoms with Crippen LogP contribution >= 0.6 is 0 Å². The molecule has 2 heterocycles. The Morgan fingerprint density at radius 1 is 1.07 bits per heavy atom. The van der Waals surface area contributed by atoms with E-state index in [4.69, 9.17) is 0 Å². The number of amides is 2. The Morgan fingerprint density at radius 2 is 1.83 bits per heavy atom. The van der Waals surface area contributed by atoms with E-state index in [1.807, 2.05) is 53.6 Å². The van der Waals surface area contributed by atoms with Crippen molar-refractivity contribution in [1.29, 1.82) is 0 Å². The number of hydrogen-bond acceptors (Lipinski definition) is 2. The number of carbonyl (C=O) groups is 2. The monoisotopic (exact) mass is 387 g/mol. The predicted molar refractivity (Wildman–Crippen MR) is 115 cm³/mol. The third-order valence-corrected chi connectivity index (χ3v) is 5.50. The number of aromatic amines is 1. The minimum Gasteiger partial charge on any atom is -0.361 e. The van der Waals surface area contributed by atoms with Crippen LogP contribution in [0.2, 0.25) is 0 Å². The Balaban J connectivity index is 1.70. The molecule has 1 aliphatic rings. The lowest BCUT2D eigenvalue weighted by Gasteiger charge is -2.34. The number of H-pyrrole nitrogens is 1. The lowest BCUT2D eigenvalue weighted by molar-refractivity contribution is -0.130. The molecule has 1 fully saturated rings. The molecule has 0 radical (unpaired) electrons. The molecule has 1 aliphatic heterocycles. The van der Waals surface area contributed by atoms with Gasteiger partial charge in [-0.3, -0.25) is 9.59 Å². The molecule has 5 heteroatoms. The number of nitrogens with zero attached hydrogens (tertiary/aromatic N) is 1. The third kappa shape index (κ3) is 4.09. The van der Waals surface area contributed by atoms with Crippen LogP contribution in [0.3, 0.4) is 0 Å². The highest BCUT2D eigenvalue weighted by molar-refractivity contribution is 6.06. The van der Waals surface area contributed by atoms with Gasteiger partial charge in [-0.2, -0.15) is 0 Å². The molecule has 2 N–H and O–H groups in total. The highest BCUT2D eigenvalue weighted by Crippen LogP contribution is 2.23. The van der Waals surface area contributed by atoms with Gasteiger partial charge in [0.2, 0.25) is 0 Å². The van der Waals surface area contributed by atoms with E-state index in [0.29, 0.717) is 17.8 Å². The summed E-state index contributed by atoms with van der Waals surface area (Å²) in [4.78, 5) is 31.3. The second kappa shape index (κ2) is 8.35. The molecular weight excluding hydrogens is 362 g/mol. The Bertz CT molecular complexity index is 1050. The molecule has 1 aromatic heterocycles. The summed E-state index contributed by atoms with van der Waals surface area (Å²) in [5.41, 5.74) is 2.70. The largest absolute Gasteiger partial charge is 0.361 e. The van der Waals surface area contributed by atoms with E-state index in [9.17, 15) is 9.59 Å². The molecule has 0 aliphatic carbocycles. The Hall–Kier alpha value is -3.34. The number of aromatic nitrogens is 1. The van der Waals surface area contributed by atoms with Crippen LogP contribution in [0.25, 0.3) is 17.0 Å². The molecule has 1 saturated heterocycles. The SMILES string of the molecule is C[C@@H]1CCCCN1C(=O)/C(=C\c1c[nH]c2ccccc12)NC(=O)c1ccccc1. The number of piperidine rings is 1. The zero-order valence-corrected chi connectivity index (χ0v) is 16.5. The second-order valence-corrected chi connectivity index (χ2v) is 7.51. The number of hydrogen-bond donors (Lipinski definition) is 2. The average Bonchev–Trinajstić information content (AvgIpc) is 3.16. The zero-order valence-electron chi connectivity index (χ0n) is 16.5. The molecule has 3 aromatic rings. The van der Waals surface area contributed by atoms with Crippen LogP contribution in [0.15, 0.2) is 66.5 Å². The fraction of sp³-hybridized carbons (Fsp3) is 0.250. The molecule has 0 saturated carbocycles. The van der Waals surface area contributed by atoms with Crippen LogP contribution in [0, 0.1) is 0 Å². The smallest absolute Gasteiger partial charge is 0.270 e. The van der Waals surface area contributed by atoms with E-state index >= 15 is 0 Å². The van der Waals surface area contributed by atoms with Gasteiger partial charge in [-0.15, -0.1) is 0 Å². The predicted octanol–water partition coefficient (Wildman–Crippen LogP) is 4.34. The standard InChI is InChI=1S/C24H25N3O2/c1-17-9-7-8-14-27(17)24(29)22(26-23(28)18-10-3-2-4-11-18)15-19-16-25-21-13-6-5-12-20(19)21/h2-6,10-13,15-17,25H,7-9,14H2,1H3,(H,26,28)/b22-15+/t17-/m1/s1. The molecular formula is C24H25N3O2. The number of carbonyl (C=O) groups excluding carboxylic acids is 2. The van der Waals surface area contributed by atoms with Crippen molar-refractivity contribution in [1.82, 2.24) is 15.2 Å². The first-order chi connectivity index (χ1) is 14.1. The molecule has 0 bridgehead atoms. The fourth-order valence-corrected chi connectivity index (χ4v) is 3.86. The van der Waals surface area contributed by atoms with E-state index in [2.05, 4.69) is 17.2 Å². The maximum absolute atomic E-state index is 13.4. The van der Waals surface area contributed by atoms with E-state index in [0.717, 1.165) is 35.7 Å². The van der Waals surface area contributed by atoms with Crippen LogP contribution in [0.1, 0.15) is 42.1 Å². The molecule has 4 rings (SSSR count). The highest BCUT2D eigenvalue weighted by atomic mass is 16.2. The first-order valence-electron chi connectivity index (χ1n) is 10.1. The van der Waals surface area contributed by atoms with Crippen LogP contribution < -0.4 is 5.32 Å². The van der Waals surface area contributed by atoms with Gasteiger partial charge in [0.25, 0.3) is 11.8 Å². The first kappa shape index (κ1) is 19.0. The van der Waals surface area contributed by atoms with Gasteiger partial charge >= 0.3 is 0 Å². The van der Waals surface area contributed by atoms with E-state index < -0.39 is 0 Å². The summed E-state index contributed by atoms with van der Waals surface area (Å²) in [6.07, 6.45) is 6.75. The molecule has 29 heavy (non-hydrogen) atoms. The second-order valence-electron chi connectivity index (χ2n) is 7.51. The number of likely N-dealkylation sites (tertiary alicyclic amines) is 1. The summed E-state index contributed by atoms with van der Waals surface area (Å²) in [5.74, 6) is -0.415. The van der Waals surface area contributed by atoms with Crippen LogP contribution in [0.5, 0.6) is 0 Å². The van der Waals surface area contributed by atoms with Crippen LogP contribution in [0.4, 0.5) is 0 Å². The quantitative estimate of drug-likeness (QED) is 0.654. The maximum Gasteiger partial charge on any atom is 0.270 e. The zero-order chi connectivity index (χ0) is 20.2. The Labute approximate surface area is 170 Å². The maximum atomic E-state index is 13.4. The number of para-hydroxylation sites is 1. The number of rotatable bonds is 4. The highest BCUT2D eigenvalue weighted by Gasteiger charge is 2.27. The van der Waals surface area contributed by atoms with Gasteiger partial charge < -0.3 is 15.2 Å². The van der Waals surface area contributed by atoms with Gasteiger partial charge in [-0.1, -0.05) is 36.4 Å². The molecule has 0 unspecified atom stereocenters. The van der Waals surface area contributed by atoms with Gasteiger partial charge in [0, 0.05) is 40.8 Å². The van der Waals surface area contributed by atoms with Gasteiger partial charge in [0.05, 0.1) is 0 Å². The summed E-state index contributed by atoms with van der Waals surface area (Å²) < 4.78 is 0. The van der Waals surface area contributed by atoms with Gasteiger partial charge in [-0.05, 0) is 50.5 Å². The summed E-state index contributed by atoms with van der Waals surface area (Å²) in [7, 11) is 0. The summed E-state index contributed by atoms with van der Waals surface area (Å²) in [6.45, 7) is 2.78. The normalized spacial score (nSPS) is 17.3. The average molecular weight is 387 g/mol. The van der Waals surface area contributed by atoms with Gasteiger partial charge in [0.15, 0.2) is 0 Å². The summed E-state index contributed by atoms with van der Waals surface area (Å²) in [6, 6.07) is 17.1. The topological polar surface area (TPSA) is 65.2 Å². The van der Waals surface area contributed by atoms with E-state index in [-0.39, 0.29) is 17.9 Å². The minimum absolute atomic E-state index is 0.133. The fourth-order valence-electron chi connectivity index (χ4n) is 3.86. The van der Waals surface area contributed by atoms with Crippen molar-refractivity contribution in [3.8, 4) is 0 Å². The lowest BCUT2D eigenvalue weighted by Crippen LogP contribution is -2.45. The summed E-state index contributed by atoms with van der Waals surface area (Å²) in [5, 5.41) is 3.88. The van der Waals surface area contributed by atoms with Crippen LogP contribution in [-0.2, 0) is 4.79 Å². The molecule has 5 nitrogen and oxygen atoms in total. The molecule has 0 spiro atoms. The van der Waals surface area contributed by atoms with Crippen molar-refractivity contribution < 1.29 is 9.59 Å². The van der Waals surface area contributed by atoms with Gasteiger partial charge in [-0.25, -0.2) is 0 Å². The van der Waals surface area contributed by atoms with Gasteiger partial charge in [0.1, 0.15) is 5.70 Å². The van der Waals surface area contributed by atoms with Crippen molar-refractivity contribution in [2.45, 2.75) is 32.2 Å². The van der Waals surface area contributed by atoms with Crippen molar-refractivity contribution in [2.75, 3.05) is 6.54 Å². The molecule has 148 valence electrons. The van der Waals surface area contributed by atoms with Crippen molar-refractivity contribution in [3.05, 3.63) is 77.6 Å². The van der Waals surface area contributed by atoms with Crippen molar-refractivity contribution >= 4 is 28.8 Å². The lowest BCUT2D eigenvalue weighted by atomic mass is 10.0. The Morgan fingerprint density at radius 3 is 2.62 bits per heavy atom. The summed E-state index contributed by atoms with van der Waals surface area (Å²) >= 11 is 0. The van der Waals surface area contributed by atoms with Crippen molar-refractivity contribution in [2.24, 2.45) is 0 Å². The number of fused-ring (bicyclic) bond motifs is 1. The first-order valence-corrected chi connectivity index (χ1v) is 10.1. The van der Waals surface area contributed by atoms with E-state index in [1.54, 1.807) is 18.2 Å².